The van der Waals surface area contributed by atoms with E-state index in [-0.39, 0.29) is 6.04 Å². The highest BCUT2D eigenvalue weighted by Crippen LogP contribution is 2.37. The second-order valence-corrected chi connectivity index (χ2v) is 9.59. The first-order chi connectivity index (χ1) is 15.0. The maximum Gasteiger partial charge on any atom is 0.209 e. The summed E-state index contributed by atoms with van der Waals surface area (Å²) in [7, 11) is -3.26. The lowest BCUT2D eigenvalue weighted by Crippen LogP contribution is -2.25. The molecule has 0 aliphatic heterocycles. The fraction of sp³-hybridized carbons (Fsp3) is 0.167. The summed E-state index contributed by atoms with van der Waals surface area (Å²) in [5.74, 6) is 0.805. The first kappa shape index (κ1) is 19.7. The van der Waals surface area contributed by atoms with Crippen LogP contribution in [0.3, 0.4) is 0 Å². The molecule has 2 aromatic heterocycles. The number of aryl methyl sites for hydroxylation is 1. The van der Waals surface area contributed by atoms with Gasteiger partial charge in [0.05, 0.1) is 17.6 Å². The normalized spacial score (nSPS) is 15.7. The average Bonchev–Trinajstić information content (AvgIpc) is 3.38. The lowest BCUT2D eigenvalue weighted by molar-refractivity contribution is 0.560. The Balaban J connectivity index is 1.60. The van der Waals surface area contributed by atoms with Crippen LogP contribution in [0, 0.1) is 0 Å². The molecule has 2 N–H and O–H groups in total. The summed E-state index contributed by atoms with van der Waals surface area (Å²) in [6.07, 6.45) is 6.34. The molecular formula is C24H22N4O2S. The van der Waals surface area contributed by atoms with Crippen molar-refractivity contribution in [2.45, 2.75) is 18.9 Å². The Morgan fingerprint density at radius 1 is 0.968 bits per heavy atom. The fourth-order valence-electron chi connectivity index (χ4n) is 4.19. The summed E-state index contributed by atoms with van der Waals surface area (Å²) < 4.78 is 26.1. The number of pyridine rings is 1. The number of aromatic nitrogens is 3. The van der Waals surface area contributed by atoms with Crippen molar-refractivity contribution in [1.82, 2.24) is 19.7 Å². The summed E-state index contributed by atoms with van der Waals surface area (Å²) in [5, 5.41) is 0. The third-order valence-corrected chi connectivity index (χ3v) is 6.28. The minimum Gasteiger partial charge on any atom is -0.337 e. The van der Waals surface area contributed by atoms with Gasteiger partial charge in [0.1, 0.15) is 5.82 Å². The molecule has 2 heterocycles. The molecule has 6 nitrogen and oxygen atoms in total. The molecule has 0 amide bonds. The van der Waals surface area contributed by atoms with Gasteiger partial charge >= 0.3 is 0 Å². The maximum atomic E-state index is 11.7. The largest absolute Gasteiger partial charge is 0.337 e. The minimum absolute atomic E-state index is 0.169. The quantitative estimate of drug-likeness (QED) is 0.493. The maximum absolute atomic E-state index is 11.7. The van der Waals surface area contributed by atoms with E-state index in [1.54, 1.807) is 12.4 Å². The third-order valence-electron chi connectivity index (χ3n) is 5.57. The fourth-order valence-corrected chi connectivity index (χ4v) is 4.95. The Labute approximate surface area is 181 Å². The molecule has 0 saturated heterocycles. The van der Waals surface area contributed by atoms with E-state index in [2.05, 4.69) is 20.8 Å². The van der Waals surface area contributed by atoms with Crippen LogP contribution >= 0.6 is 0 Å². The van der Waals surface area contributed by atoms with Gasteiger partial charge in [-0.05, 0) is 42.2 Å². The van der Waals surface area contributed by atoms with E-state index in [1.165, 1.54) is 6.26 Å². The number of rotatable bonds is 5. The molecule has 0 spiro atoms. The van der Waals surface area contributed by atoms with Gasteiger partial charge in [-0.15, -0.1) is 0 Å². The number of hydrogen-bond acceptors (Lipinski definition) is 4. The van der Waals surface area contributed by atoms with Crippen molar-refractivity contribution >= 4 is 10.0 Å². The number of fused-ring (bicyclic) bond motifs is 1. The minimum atomic E-state index is -3.26. The smallest absolute Gasteiger partial charge is 0.209 e. The van der Waals surface area contributed by atoms with E-state index in [0.717, 1.165) is 57.9 Å². The molecule has 1 aliphatic carbocycles. The highest BCUT2D eigenvalue weighted by atomic mass is 32.2. The van der Waals surface area contributed by atoms with Crippen molar-refractivity contribution in [3.63, 3.8) is 0 Å². The SMILES string of the molecule is CS(=O)(=O)NC1CCc2cc(-c3nc(-c4ccccc4)[nH]c3-c3ccncc3)ccc21. The van der Waals surface area contributed by atoms with E-state index in [0.29, 0.717) is 0 Å². The molecule has 0 radical (unpaired) electrons. The van der Waals surface area contributed by atoms with Crippen LogP contribution in [0.5, 0.6) is 0 Å². The van der Waals surface area contributed by atoms with Gasteiger partial charge in [0, 0.05) is 35.1 Å². The average molecular weight is 431 g/mol. The van der Waals surface area contributed by atoms with Crippen molar-refractivity contribution in [3.8, 4) is 33.9 Å². The first-order valence-electron chi connectivity index (χ1n) is 10.1. The predicted octanol–water partition coefficient (Wildman–Crippen LogP) is 4.34. The highest BCUT2D eigenvalue weighted by molar-refractivity contribution is 7.88. The second-order valence-electron chi connectivity index (χ2n) is 7.81. The van der Waals surface area contributed by atoms with Gasteiger partial charge in [0.15, 0.2) is 0 Å². The summed E-state index contributed by atoms with van der Waals surface area (Å²) >= 11 is 0. The molecule has 2 aromatic carbocycles. The predicted molar refractivity (Wildman–Crippen MR) is 122 cm³/mol. The Morgan fingerprint density at radius 3 is 2.48 bits per heavy atom. The lowest BCUT2D eigenvalue weighted by atomic mass is 10.0. The van der Waals surface area contributed by atoms with E-state index in [9.17, 15) is 8.42 Å². The van der Waals surface area contributed by atoms with Gasteiger partial charge in [-0.1, -0.05) is 42.5 Å². The van der Waals surface area contributed by atoms with Gasteiger partial charge in [0.2, 0.25) is 10.0 Å². The van der Waals surface area contributed by atoms with Crippen molar-refractivity contribution in [3.05, 3.63) is 84.2 Å². The number of H-pyrrole nitrogens is 1. The molecule has 5 rings (SSSR count). The third kappa shape index (κ3) is 4.02. The van der Waals surface area contributed by atoms with Crippen LogP contribution in [0.4, 0.5) is 0 Å². The standard InChI is InChI=1S/C24H22N4O2S/c1-31(29,30)28-21-10-8-18-15-19(7-9-20(18)21)23-22(16-11-13-25-14-12-16)26-24(27-23)17-5-3-2-4-6-17/h2-7,9,11-15,21,28H,8,10H2,1H3,(H,26,27). The van der Waals surface area contributed by atoms with Gasteiger partial charge in [0.25, 0.3) is 0 Å². The summed E-state index contributed by atoms with van der Waals surface area (Å²) in [6.45, 7) is 0. The summed E-state index contributed by atoms with van der Waals surface area (Å²) in [6, 6.07) is 20.0. The Kier molecular flexibility index (Phi) is 4.92. The van der Waals surface area contributed by atoms with E-state index in [1.807, 2.05) is 54.6 Å². The Hall–Kier alpha value is -3.29. The second kappa shape index (κ2) is 7.76. The van der Waals surface area contributed by atoms with Crippen LogP contribution in [0.25, 0.3) is 33.9 Å². The van der Waals surface area contributed by atoms with Crippen molar-refractivity contribution < 1.29 is 8.42 Å². The van der Waals surface area contributed by atoms with Crippen molar-refractivity contribution in [2.24, 2.45) is 0 Å². The number of imidazole rings is 1. The summed E-state index contributed by atoms with van der Waals surface area (Å²) in [4.78, 5) is 12.6. The highest BCUT2D eigenvalue weighted by Gasteiger charge is 2.26. The zero-order valence-electron chi connectivity index (χ0n) is 17.0. The van der Waals surface area contributed by atoms with Crippen LogP contribution in [-0.4, -0.2) is 29.6 Å². The van der Waals surface area contributed by atoms with Crippen LogP contribution in [0.2, 0.25) is 0 Å². The lowest BCUT2D eigenvalue weighted by Gasteiger charge is -2.12. The van der Waals surface area contributed by atoms with Crippen molar-refractivity contribution in [2.75, 3.05) is 6.26 Å². The number of nitrogens with zero attached hydrogens (tertiary/aromatic N) is 2. The topological polar surface area (TPSA) is 87.7 Å². The molecule has 31 heavy (non-hydrogen) atoms. The molecule has 7 heteroatoms. The molecule has 4 aromatic rings. The molecular weight excluding hydrogens is 408 g/mol. The first-order valence-corrected chi connectivity index (χ1v) is 12.0. The molecule has 1 aliphatic rings. The number of benzene rings is 2. The molecule has 1 unspecified atom stereocenters. The molecule has 0 bridgehead atoms. The molecule has 156 valence electrons. The van der Waals surface area contributed by atoms with Crippen LogP contribution in [-0.2, 0) is 16.4 Å². The molecule has 1 atom stereocenters. The number of sulfonamides is 1. The van der Waals surface area contributed by atoms with Gasteiger partial charge in [-0.25, -0.2) is 18.1 Å². The molecule has 0 saturated carbocycles. The van der Waals surface area contributed by atoms with Crippen LogP contribution in [0.1, 0.15) is 23.6 Å². The zero-order valence-corrected chi connectivity index (χ0v) is 17.9. The van der Waals surface area contributed by atoms with E-state index in [4.69, 9.17) is 4.98 Å². The number of nitrogens with one attached hydrogen (secondary N) is 2. The van der Waals surface area contributed by atoms with E-state index < -0.39 is 10.0 Å². The summed E-state index contributed by atoms with van der Waals surface area (Å²) in [5.41, 5.74) is 7.03. The van der Waals surface area contributed by atoms with Gasteiger partial charge in [-0.2, -0.15) is 0 Å². The van der Waals surface area contributed by atoms with Crippen LogP contribution < -0.4 is 4.72 Å². The monoisotopic (exact) mass is 430 g/mol. The zero-order chi connectivity index (χ0) is 21.4. The Morgan fingerprint density at radius 2 is 1.74 bits per heavy atom. The molecule has 0 fully saturated rings. The number of hydrogen-bond donors (Lipinski definition) is 2. The van der Waals surface area contributed by atoms with Crippen molar-refractivity contribution in [1.29, 1.82) is 0 Å². The Bertz CT molecular complexity index is 1330. The van der Waals surface area contributed by atoms with Gasteiger partial charge < -0.3 is 4.98 Å². The van der Waals surface area contributed by atoms with Gasteiger partial charge in [-0.3, -0.25) is 4.98 Å². The number of aromatic amines is 1. The van der Waals surface area contributed by atoms with E-state index >= 15 is 0 Å². The van der Waals surface area contributed by atoms with Crippen LogP contribution in [0.15, 0.2) is 73.1 Å².